The van der Waals surface area contributed by atoms with E-state index in [1.54, 1.807) is 19.1 Å². The van der Waals surface area contributed by atoms with E-state index in [2.05, 4.69) is 25.9 Å². The van der Waals surface area contributed by atoms with Gasteiger partial charge in [-0.05, 0) is 41.1 Å². The molecule has 2 aromatic rings. The largest absolute Gasteiger partial charge is 0.383 e. The number of hydrogen-bond acceptors (Lipinski definition) is 5. The molecule has 0 amide bonds. The SMILES string of the molecule is CCN(c1ccncc1)S(=O)(=O)c1cc(Br)cnc1N. The van der Waals surface area contributed by atoms with Crippen LogP contribution < -0.4 is 10.0 Å². The monoisotopic (exact) mass is 356 g/mol. The molecule has 0 spiro atoms. The maximum Gasteiger partial charge on any atom is 0.268 e. The van der Waals surface area contributed by atoms with Crippen LogP contribution in [0.15, 0.2) is 46.2 Å². The molecule has 0 radical (unpaired) electrons. The van der Waals surface area contributed by atoms with Crippen molar-refractivity contribution in [1.29, 1.82) is 0 Å². The fourth-order valence-electron chi connectivity index (χ4n) is 1.76. The molecule has 0 aromatic carbocycles. The van der Waals surface area contributed by atoms with E-state index in [9.17, 15) is 8.42 Å². The summed E-state index contributed by atoms with van der Waals surface area (Å²) in [5, 5.41) is 0. The average molecular weight is 357 g/mol. The summed E-state index contributed by atoms with van der Waals surface area (Å²) in [6, 6.07) is 4.70. The number of aromatic nitrogens is 2. The molecule has 2 aromatic heterocycles. The van der Waals surface area contributed by atoms with Gasteiger partial charge in [-0.1, -0.05) is 0 Å². The van der Waals surface area contributed by atoms with Crippen molar-refractivity contribution in [3.05, 3.63) is 41.3 Å². The fourth-order valence-corrected chi connectivity index (χ4v) is 3.81. The van der Waals surface area contributed by atoms with Crippen molar-refractivity contribution < 1.29 is 8.42 Å². The smallest absolute Gasteiger partial charge is 0.268 e. The molecule has 8 heteroatoms. The predicted octanol–water partition coefficient (Wildman–Crippen LogP) is 2.04. The van der Waals surface area contributed by atoms with Crippen LogP contribution in [0.3, 0.4) is 0 Å². The summed E-state index contributed by atoms with van der Waals surface area (Å²) in [6.07, 6.45) is 4.53. The molecule has 0 fully saturated rings. The van der Waals surface area contributed by atoms with Gasteiger partial charge < -0.3 is 5.73 Å². The van der Waals surface area contributed by atoms with Crippen LogP contribution in [-0.2, 0) is 10.0 Å². The third-order valence-electron chi connectivity index (χ3n) is 2.65. The summed E-state index contributed by atoms with van der Waals surface area (Å²) >= 11 is 3.21. The highest BCUT2D eigenvalue weighted by molar-refractivity contribution is 9.10. The van der Waals surface area contributed by atoms with E-state index in [-0.39, 0.29) is 17.3 Å². The number of halogens is 1. The fraction of sp³-hybridized carbons (Fsp3) is 0.167. The van der Waals surface area contributed by atoms with E-state index < -0.39 is 10.0 Å². The van der Waals surface area contributed by atoms with Crippen molar-refractivity contribution in [1.82, 2.24) is 9.97 Å². The van der Waals surface area contributed by atoms with Gasteiger partial charge in [-0.2, -0.15) is 0 Å². The van der Waals surface area contributed by atoms with Gasteiger partial charge in [0.05, 0.1) is 5.69 Å². The summed E-state index contributed by atoms with van der Waals surface area (Å²) in [6.45, 7) is 2.03. The minimum atomic E-state index is -3.77. The van der Waals surface area contributed by atoms with Crippen molar-refractivity contribution in [3.8, 4) is 0 Å². The summed E-state index contributed by atoms with van der Waals surface area (Å²) in [7, 11) is -3.77. The Kier molecular flexibility index (Phi) is 4.24. The third kappa shape index (κ3) is 2.75. The Bertz CT molecular complexity index is 707. The topological polar surface area (TPSA) is 89.2 Å². The van der Waals surface area contributed by atoms with Gasteiger partial charge in [0, 0.05) is 29.6 Å². The van der Waals surface area contributed by atoms with Crippen LogP contribution in [0.1, 0.15) is 6.92 Å². The molecule has 0 saturated heterocycles. The molecule has 0 aliphatic rings. The Balaban J connectivity index is 2.56. The van der Waals surface area contributed by atoms with Gasteiger partial charge in [0.1, 0.15) is 10.7 Å². The average Bonchev–Trinajstić information content (AvgIpc) is 2.43. The van der Waals surface area contributed by atoms with E-state index in [1.807, 2.05) is 0 Å². The molecule has 0 unspecified atom stereocenters. The molecule has 2 rings (SSSR count). The molecule has 20 heavy (non-hydrogen) atoms. The Hall–Kier alpha value is -1.67. The lowest BCUT2D eigenvalue weighted by molar-refractivity contribution is 0.592. The maximum absolute atomic E-state index is 12.7. The number of sulfonamides is 1. The van der Waals surface area contributed by atoms with Gasteiger partial charge in [-0.3, -0.25) is 9.29 Å². The molecule has 106 valence electrons. The first kappa shape index (κ1) is 14.7. The second-order valence-corrected chi connectivity index (χ2v) is 6.66. The maximum atomic E-state index is 12.7. The van der Waals surface area contributed by atoms with Crippen molar-refractivity contribution >= 4 is 37.5 Å². The van der Waals surface area contributed by atoms with Gasteiger partial charge in [0.15, 0.2) is 0 Å². The number of nitrogen functional groups attached to an aromatic ring is 1. The lowest BCUT2D eigenvalue weighted by Gasteiger charge is -2.23. The molecule has 0 atom stereocenters. The van der Waals surface area contributed by atoms with Gasteiger partial charge in [0.25, 0.3) is 10.0 Å². The zero-order valence-corrected chi connectivity index (χ0v) is 13.1. The Morgan fingerprint density at radius 2 is 2.00 bits per heavy atom. The molecule has 0 aliphatic heterocycles. The van der Waals surface area contributed by atoms with Gasteiger partial charge in [-0.25, -0.2) is 13.4 Å². The standard InChI is InChI=1S/C12H13BrN4O2S/c1-2-17(10-3-5-15-6-4-10)20(18,19)11-7-9(13)8-16-12(11)14/h3-8H,2H2,1H3,(H2,14,16). The normalized spacial score (nSPS) is 11.3. The van der Waals surface area contributed by atoms with Crippen LogP contribution in [0.5, 0.6) is 0 Å². The van der Waals surface area contributed by atoms with E-state index in [0.29, 0.717) is 10.2 Å². The van der Waals surface area contributed by atoms with Crippen molar-refractivity contribution in [2.75, 3.05) is 16.6 Å². The van der Waals surface area contributed by atoms with Gasteiger partial charge in [0.2, 0.25) is 0 Å². The van der Waals surface area contributed by atoms with Gasteiger partial charge >= 0.3 is 0 Å². The predicted molar refractivity (Wildman–Crippen MR) is 80.8 cm³/mol. The molecule has 2 N–H and O–H groups in total. The van der Waals surface area contributed by atoms with Crippen molar-refractivity contribution in [3.63, 3.8) is 0 Å². The number of nitrogens with two attached hydrogens (primary N) is 1. The Morgan fingerprint density at radius 3 is 2.60 bits per heavy atom. The summed E-state index contributed by atoms with van der Waals surface area (Å²) < 4.78 is 27.2. The van der Waals surface area contributed by atoms with Crippen LogP contribution in [0.2, 0.25) is 0 Å². The summed E-state index contributed by atoms with van der Waals surface area (Å²) in [5.74, 6) is -0.0271. The number of rotatable bonds is 4. The molecule has 2 heterocycles. The van der Waals surface area contributed by atoms with Crippen LogP contribution in [0.25, 0.3) is 0 Å². The van der Waals surface area contributed by atoms with Crippen LogP contribution in [-0.4, -0.2) is 24.9 Å². The second-order valence-electron chi connectivity index (χ2n) is 3.91. The highest BCUT2D eigenvalue weighted by Gasteiger charge is 2.26. The van der Waals surface area contributed by atoms with Crippen LogP contribution in [0, 0.1) is 0 Å². The summed E-state index contributed by atoms with van der Waals surface area (Å²) in [4.78, 5) is 7.73. The highest BCUT2D eigenvalue weighted by Crippen LogP contribution is 2.27. The molecule has 6 nitrogen and oxygen atoms in total. The number of anilines is 2. The van der Waals surface area contributed by atoms with E-state index in [4.69, 9.17) is 5.73 Å². The third-order valence-corrected chi connectivity index (χ3v) is 5.02. The van der Waals surface area contributed by atoms with Crippen LogP contribution in [0.4, 0.5) is 11.5 Å². The highest BCUT2D eigenvalue weighted by atomic mass is 79.9. The first-order chi connectivity index (χ1) is 9.46. The van der Waals surface area contributed by atoms with E-state index in [1.165, 1.54) is 29.0 Å². The zero-order valence-electron chi connectivity index (χ0n) is 10.7. The Labute approximate surface area is 125 Å². The first-order valence-electron chi connectivity index (χ1n) is 5.80. The van der Waals surface area contributed by atoms with E-state index >= 15 is 0 Å². The molecule has 0 bridgehead atoms. The van der Waals surface area contributed by atoms with Crippen molar-refractivity contribution in [2.24, 2.45) is 0 Å². The van der Waals surface area contributed by atoms with E-state index in [0.717, 1.165) is 0 Å². The summed E-state index contributed by atoms with van der Waals surface area (Å²) in [5.41, 5.74) is 6.23. The molecule has 0 aliphatic carbocycles. The van der Waals surface area contributed by atoms with Crippen molar-refractivity contribution in [2.45, 2.75) is 11.8 Å². The number of hydrogen-bond donors (Lipinski definition) is 1. The van der Waals surface area contributed by atoms with Gasteiger partial charge in [-0.15, -0.1) is 0 Å². The molecular weight excluding hydrogens is 344 g/mol. The molecular formula is C12H13BrN4O2S. The lowest BCUT2D eigenvalue weighted by Crippen LogP contribution is -2.31. The number of nitrogens with zero attached hydrogens (tertiary/aromatic N) is 3. The minimum Gasteiger partial charge on any atom is -0.383 e. The zero-order chi connectivity index (χ0) is 14.8. The lowest BCUT2D eigenvalue weighted by atomic mass is 10.4. The first-order valence-corrected chi connectivity index (χ1v) is 8.04. The Morgan fingerprint density at radius 1 is 1.35 bits per heavy atom. The number of pyridine rings is 2. The quantitative estimate of drug-likeness (QED) is 0.905. The molecule has 0 saturated carbocycles. The minimum absolute atomic E-state index is 0.0227. The second kappa shape index (κ2) is 5.76. The van der Waals surface area contributed by atoms with Crippen LogP contribution >= 0.6 is 15.9 Å².